The quantitative estimate of drug-likeness (QED) is 0.0557. The molecule has 20 heteroatoms. The first kappa shape index (κ1) is 47.2. The molecule has 0 spiro atoms. The fraction of sp³-hybridized carbons (Fsp3) is 0.213. The molecule has 8 rings (SSSR count). The Hall–Kier alpha value is -6.27. The van der Waals surface area contributed by atoms with Crippen molar-refractivity contribution in [2.45, 2.75) is 57.1 Å². The SMILES string of the molecule is O=C(Cc1ccc(COP(=O)(OCc2ccc(CC(=O)c3ccccc3)cc2)OP(=O)(O)OC[C@H]2O[C@@H](n3ccc(=O)n(Cc4noc5ccccc45)c3=O)C(O)[C@H]2O)cc1)c1ccccc1. The molecule has 2 unspecified atom stereocenters. The monoisotopic (exact) mass is 951 g/mol. The van der Waals surface area contributed by atoms with E-state index < -0.39 is 71.3 Å². The van der Waals surface area contributed by atoms with E-state index in [2.05, 4.69) is 5.16 Å². The van der Waals surface area contributed by atoms with Crippen LogP contribution in [0.15, 0.2) is 160 Å². The molecular weight excluding hydrogens is 908 g/mol. The third-order valence-corrected chi connectivity index (χ3v) is 13.8. The molecule has 2 aromatic heterocycles. The van der Waals surface area contributed by atoms with Gasteiger partial charge in [-0.3, -0.25) is 37.1 Å². The first-order valence-electron chi connectivity index (χ1n) is 20.8. The summed E-state index contributed by atoms with van der Waals surface area (Å²) >= 11 is 0. The molecule has 5 aromatic carbocycles. The lowest BCUT2D eigenvalue weighted by atomic mass is 10.0. The Morgan fingerprint density at radius 3 is 1.75 bits per heavy atom. The van der Waals surface area contributed by atoms with Gasteiger partial charge in [-0.05, 0) is 34.4 Å². The number of benzene rings is 5. The number of fused-ring (bicyclic) bond motifs is 1. The van der Waals surface area contributed by atoms with Crippen molar-refractivity contribution in [2.24, 2.45) is 0 Å². The van der Waals surface area contributed by atoms with Crippen LogP contribution in [0.3, 0.4) is 0 Å². The Labute approximate surface area is 381 Å². The second-order valence-corrected chi connectivity index (χ2v) is 18.8. The van der Waals surface area contributed by atoms with Crippen molar-refractivity contribution in [2.75, 3.05) is 6.61 Å². The lowest BCUT2D eigenvalue weighted by Crippen LogP contribution is -2.43. The number of phosphoric ester groups is 2. The zero-order valence-corrected chi connectivity index (χ0v) is 37.2. The molecule has 0 radical (unpaired) electrons. The van der Waals surface area contributed by atoms with Gasteiger partial charge in [0.2, 0.25) is 0 Å². The summed E-state index contributed by atoms with van der Waals surface area (Å²) in [6.07, 6.45) is -5.47. The predicted octanol–water partition coefficient (Wildman–Crippen LogP) is 6.34. The number of carbonyl (C=O) groups is 2. The van der Waals surface area contributed by atoms with E-state index in [1.54, 1.807) is 121 Å². The highest BCUT2D eigenvalue weighted by Gasteiger charge is 2.46. The number of rotatable bonds is 20. The van der Waals surface area contributed by atoms with Gasteiger partial charge in [0.1, 0.15) is 24.0 Å². The van der Waals surface area contributed by atoms with E-state index >= 15 is 0 Å². The molecule has 1 aliphatic rings. The van der Waals surface area contributed by atoms with Gasteiger partial charge in [-0.1, -0.05) is 126 Å². The van der Waals surface area contributed by atoms with Gasteiger partial charge in [-0.25, -0.2) is 13.9 Å². The summed E-state index contributed by atoms with van der Waals surface area (Å²) in [5.41, 5.74) is 2.42. The van der Waals surface area contributed by atoms with E-state index in [1.807, 2.05) is 12.1 Å². The van der Waals surface area contributed by atoms with Gasteiger partial charge in [0.25, 0.3) is 5.56 Å². The number of carbonyl (C=O) groups excluding carboxylic acids is 2. The molecule has 0 bridgehead atoms. The van der Waals surface area contributed by atoms with Gasteiger partial charge in [0, 0.05) is 41.6 Å². The van der Waals surface area contributed by atoms with Crippen LogP contribution in [0.25, 0.3) is 11.0 Å². The van der Waals surface area contributed by atoms with Crippen molar-refractivity contribution in [1.82, 2.24) is 14.3 Å². The zero-order valence-electron chi connectivity index (χ0n) is 35.4. The Bertz CT molecular complexity index is 2960. The minimum absolute atomic E-state index is 0.0981. The van der Waals surface area contributed by atoms with Gasteiger partial charge in [0.15, 0.2) is 23.4 Å². The second kappa shape index (κ2) is 20.7. The number of aromatic nitrogens is 3. The van der Waals surface area contributed by atoms with Crippen LogP contribution in [0.4, 0.5) is 0 Å². The number of ketones is 2. The van der Waals surface area contributed by atoms with Crippen molar-refractivity contribution in [3.05, 3.63) is 206 Å². The number of Topliss-reactive ketones (excluding diaryl/α,β-unsaturated/α-hetero) is 2. The van der Waals surface area contributed by atoms with E-state index in [0.717, 1.165) is 21.4 Å². The standard InChI is InChI=1S/C47H43N3O15P2/c51-39(35-9-3-1-4-10-35)25-31-15-19-33(20-16-31)28-61-67(59,62-29-34-21-17-32(18-22-34)26-40(52)36-11-5-2-6-12-36)65-66(57,58)60-30-42-44(54)45(55)46(63-42)49-24-23-43(53)50(47(49)56)27-38-37-13-7-8-14-41(37)64-48-38/h1-24,42,44-46,54-55H,25-30H2,(H,57,58)/t42-,44+,45?,46-/m1/s1. The van der Waals surface area contributed by atoms with Crippen LogP contribution < -0.4 is 11.2 Å². The highest BCUT2D eigenvalue weighted by molar-refractivity contribution is 7.61. The number of ether oxygens (including phenoxy) is 1. The molecular formula is C47H43N3O15P2. The molecule has 1 fully saturated rings. The average Bonchev–Trinajstić information content (AvgIpc) is 3.88. The predicted molar refractivity (Wildman–Crippen MR) is 240 cm³/mol. The average molecular weight is 952 g/mol. The molecule has 7 aromatic rings. The molecule has 0 saturated carbocycles. The van der Waals surface area contributed by atoms with Gasteiger partial charge in [0.05, 0.1) is 26.4 Å². The van der Waals surface area contributed by atoms with E-state index in [4.69, 9.17) is 27.1 Å². The highest BCUT2D eigenvalue weighted by Crippen LogP contribution is 2.64. The van der Waals surface area contributed by atoms with Crippen LogP contribution in [0.2, 0.25) is 0 Å². The molecule has 3 N–H and O–H groups in total. The van der Waals surface area contributed by atoms with Crippen molar-refractivity contribution >= 4 is 38.2 Å². The first-order valence-corrected chi connectivity index (χ1v) is 23.8. The maximum Gasteiger partial charge on any atom is 0.484 e. The van der Waals surface area contributed by atoms with Crippen molar-refractivity contribution in [1.29, 1.82) is 0 Å². The summed E-state index contributed by atoms with van der Waals surface area (Å²) in [5.74, 6) is -0.196. The lowest BCUT2D eigenvalue weighted by molar-refractivity contribution is -0.0549. The van der Waals surface area contributed by atoms with Crippen LogP contribution in [0.1, 0.15) is 54.9 Å². The molecule has 0 amide bonds. The summed E-state index contributed by atoms with van der Waals surface area (Å²) < 4.78 is 61.7. The van der Waals surface area contributed by atoms with Gasteiger partial charge in [-0.2, -0.15) is 4.31 Å². The molecule has 5 atom stereocenters. The normalized spacial score (nSPS) is 18.2. The molecule has 0 aliphatic carbocycles. The summed E-state index contributed by atoms with van der Waals surface area (Å²) in [4.78, 5) is 62.8. The van der Waals surface area contributed by atoms with Crippen LogP contribution in [0.5, 0.6) is 0 Å². The van der Waals surface area contributed by atoms with Crippen LogP contribution in [-0.4, -0.2) is 65.9 Å². The molecule has 3 heterocycles. The third-order valence-electron chi connectivity index (χ3n) is 10.8. The number of hydrogen-bond acceptors (Lipinski definition) is 15. The smallest absolute Gasteiger partial charge is 0.387 e. The van der Waals surface area contributed by atoms with E-state index in [9.17, 15) is 43.4 Å². The van der Waals surface area contributed by atoms with Gasteiger partial charge < -0.3 is 24.4 Å². The van der Waals surface area contributed by atoms with Crippen molar-refractivity contribution < 1.29 is 61.0 Å². The number of hydrogen-bond donors (Lipinski definition) is 3. The summed E-state index contributed by atoms with van der Waals surface area (Å²) in [7, 11) is -10.4. The minimum Gasteiger partial charge on any atom is -0.387 e. The largest absolute Gasteiger partial charge is 0.484 e. The lowest BCUT2D eigenvalue weighted by Gasteiger charge is -2.22. The maximum atomic E-state index is 14.2. The topological polar surface area (TPSA) is 245 Å². The molecule has 1 aliphatic heterocycles. The Kier molecular flexibility index (Phi) is 14.6. The molecule has 67 heavy (non-hydrogen) atoms. The molecule has 346 valence electrons. The van der Waals surface area contributed by atoms with Gasteiger partial charge in [-0.15, -0.1) is 0 Å². The van der Waals surface area contributed by atoms with Gasteiger partial charge >= 0.3 is 21.3 Å². The van der Waals surface area contributed by atoms with E-state index in [-0.39, 0.29) is 36.6 Å². The van der Waals surface area contributed by atoms with Crippen LogP contribution in [-0.2, 0) is 64.3 Å². The minimum atomic E-state index is -5.42. The van der Waals surface area contributed by atoms with Crippen molar-refractivity contribution in [3.8, 4) is 0 Å². The number of para-hydroxylation sites is 1. The Morgan fingerprint density at radius 2 is 1.18 bits per heavy atom. The number of aliphatic hydroxyl groups is 2. The fourth-order valence-corrected chi connectivity index (χ4v) is 9.81. The zero-order chi connectivity index (χ0) is 47.1. The van der Waals surface area contributed by atoms with Crippen molar-refractivity contribution in [3.63, 3.8) is 0 Å². The van der Waals surface area contributed by atoms with E-state index in [0.29, 0.717) is 44.3 Å². The maximum absolute atomic E-state index is 14.2. The number of aliphatic hydroxyl groups excluding tert-OH is 2. The first-order chi connectivity index (χ1) is 32.2. The van der Waals surface area contributed by atoms with Crippen LogP contribution in [0, 0.1) is 0 Å². The summed E-state index contributed by atoms with van der Waals surface area (Å²) in [6.45, 7) is -2.14. The van der Waals surface area contributed by atoms with E-state index in [1.165, 1.54) is 0 Å². The Morgan fingerprint density at radius 1 is 0.657 bits per heavy atom. The molecule has 1 saturated heterocycles. The summed E-state index contributed by atoms with van der Waals surface area (Å²) in [6, 6.07) is 38.5. The third kappa shape index (κ3) is 11.6. The second-order valence-electron chi connectivity index (χ2n) is 15.5. The fourth-order valence-electron chi connectivity index (χ4n) is 7.21. The highest BCUT2D eigenvalue weighted by atomic mass is 31.3. The summed E-state index contributed by atoms with van der Waals surface area (Å²) in [5, 5.41) is 26.4. The van der Waals surface area contributed by atoms with Crippen LogP contribution >= 0.6 is 15.6 Å². The molecule has 18 nitrogen and oxygen atoms in total. The Balaban J connectivity index is 0.937. The number of phosphoric acid groups is 2. The number of nitrogens with zero attached hydrogens (tertiary/aromatic N) is 3.